The summed E-state index contributed by atoms with van der Waals surface area (Å²) in [6, 6.07) is 14.2. The van der Waals surface area contributed by atoms with Gasteiger partial charge in [0, 0.05) is 6.04 Å². The number of benzene rings is 2. The van der Waals surface area contributed by atoms with Crippen molar-refractivity contribution in [1.29, 1.82) is 0 Å². The molecule has 4 nitrogen and oxygen atoms in total. The SMILES string of the molecule is CCCCc1ccc(S(=O)(=O)NC(C)c2ccc(OC)cc2)cc1. The Morgan fingerprint density at radius 1 is 1.04 bits per heavy atom. The third-order valence-corrected chi connectivity index (χ3v) is 5.56. The average Bonchev–Trinajstić information content (AvgIpc) is 2.60. The summed E-state index contributed by atoms with van der Waals surface area (Å²) >= 11 is 0. The van der Waals surface area contributed by atoms with Gasteiger partial charge < -0.3 is 4.74 Å². The molecule has 2 aromatic rings. The Morgan fingerprint density at radius 2 is 1.67 bits per heavy atom. The van der Waals surface area contributed by atoms with Crippen LogP contribution in [0.4, 0.5) is 0 Å². The van der Waals surface area contributed by atoms with Gasteiger partial charge in [-0.1, -0.05) is 37.6 Å². The van der Waals surface area contributed by atoms with Crippen molar-refractivity contribution >= 4 is 10.0 Å². The summed E-state index contributed by atoms with van der Waals surface area (Å²) in [6.45, 7) is 3.97. The Balaban J connectivity index is 2.08. The van der Waals surface area contributed by atoms with E-state index in [1.165, 1.54) is 5.56 Å². The highest BCUT2D eigenvalue weighted by Gasteiger charge is 2.18. The van der Waals surface area contributed by atoms with Gasteiger partial charge in [0.25, 0.3) is 0 Å². The van der Waals surface area contributed by atoms with E-state index in [0.717, 1.165) is 30.6 Å². The van der Waals surface area contributed by atoms with Crippen LogP contribution in [0, 0.1) is 0 Å². The molecule has 0 aromatic heterocycles. The number of ether oxygens (including phenoxy) is 1. The molecule has 0 fully saturated rings. The third kappa shape index (κ3) is 4.82. The third-order valence-electron chi connectivity index (χ3n) is 4.00. The first-order chi connectivity index (χ1) is 11.5. The van der Waals surface area contributed by atoms with Gasteiger partial charge in [-0.05, 0) is 55.2 Å². The zero-order valence-electron chi connectivity index (χ0n) is 14.5. The molecule has 0 bridgehead atoms. The molecule has 5 heteroatoms. The molecule has 0 amide bonds. The molecule has 1 atom stereocenters. The monoisotopic (exact) mass is 347 g/mol. The number of methoxy groups -OCH3 is 1. The van der Waals surface area contributed by atoms with Gasteiger partial charge >= 0.3 is 0 Å². The van der Waals surface area contributed by atoms with Crippen LogP contribution in [-0.4, -0.2) is 15.5 Å². The molecule has 1 N–H and O–H groups in total. The first kappa shape index (κ1) is 18.5. The van der Waals surface area contributed by atoms with Crippen LogP contribution in [-0.2, 0) is 16.4 Å². The topological polar surface area (TPSA) is 55.4 Å². The van der Waals surface area contributed by atoms with Crippen molar-refractivity contribution in [3.8, 4) is 5.75 Å². The van der Waals surface area contributed by atoms with Crippen LogP contribution in [0.5, 0.6) is 5.75 Å². The van der Waals surface area contributed by atoms with Gasteiger partial charge in [0.05, 0.1) is 12.0 Å². The second-order valence-corrected chi connectivity index (χ2v) is 7.58. The number of unbranched alkanes of at least 4 members (excludes halogenated alkanes) is 1. The molecule has 1 unspecified atom stereocenters. The highest BCUT2D eigenvalue weighted by molar-refractivity contribution is 7.89. The lowest BCUT2D eigenvalue weighted by atomic mass is 10.1. The maximum Gasteiger partial charge on any atom is 0.241 e. The predicted molar refractivity (Wildman–Crippen MR) is 96.8 cm³/mol. The smallest absolute Gasteiger partial charge is 0.241 e. The number of rotatable bonds is 8. The van der Waals surface area contributed by atoms with E-state index >= 15 is 0 Å². The summed E-state index contributed by atoms with van der Waals surface area (Å²) in [4.78, 5) is 0.295. The molecule has 24 heavy (non-hydrogen) atoms. The van der Waals surface area contributed by atoms with E-state index in [9.17, 15) is 8.42 Å². The minimum absolute atomic E-state index is 0.295. The number of hydrogen-bond acceptors (Lipinski definition) is 3. The highest BCUT2D eigenvalue weighted by Crippen LogP contribution is 2.20. The summed E-state index contributed by atoms with van der Waals surface area (Å²) in [5.41, 5.74) is 2.05. The normalized spacial score (nSPS) is 12.8. The van der Waals surface area contributed by atoms with Gasteiger partial charge in [0.2, 0.25) is 10.0 Å². The van der Waals surface area contributed by atoms with Crippen molar-refractivity contribution in [2.75, 3.05) is 7.11 Å². The van der Waals surface area contributed by atoms with E-state index in [-0.39, 0.29) is 6.04 Å². The fraction of sp³-hybridized carbons (Fsp3) is 0.368. The zero-order chi connectivity index (χ0) is 17.6. The second kappa shape index (κ2) is 8.31. The molecule has 2 aromatic carbocycles. The maximum atomic E-state index is 12.5. The molecule has 130 valence electrons. The summed E-state index contributed by atoms with van der Waals surface area (Å²) in [6.07, 6.45) is 3.21. The van der Waals surface area contributed by atoms with E-state index < -0.39 is 10.0 Å². The lowest BCUT2D eigenvalue weighted by molar-refractivity contribution is 0.414. The first-order valence-electron chi connectivity index (χ1n) is 8.21. The number of nitrogens with one attached hydrogen (secondary N) is 1. The molecule has 0 aliphatic rings. The molecule has 0 spiro atoms. The summed E-state index contributed by atoms with van der Waals surface area (Å²) in [5, 5.41) is 0. The molecule has 0 heterocycles. The standard InChI is InChI=1S/C19H25NO3S/c1-4-5-6-16-7-13-19(14-8-16)24(21,22)20-15(2)17-9-11-18(23-3)12-10-17/h7-15,20H,4-6H2,1-3H3. The van der Waals surface area contributed by atoms with E-state index in [1.54, 1.807) is 19.2 Å². The largest absolute Gasteiger partial charge is 0.497 e. The Kier molecular flexibility index (Phi) is 6.40. The Hall–Kier alpha value is -1.85. The lowest BCUT2D eigenvalue weighted by Gasteiger charge is -2.15. The van der Waals surface area contributed by atoms with Gasteiger partial charge in [0.15, 0.2) is 0 Å². The van der Waals surface area contributed by atoms with Crippen LogP contribution in [0.1, 0.15) is 43.9 Å². The Morgan fingerprint density at radius 3 is 2.21 bits per heavy atom. The second-order valence-electron chi connectivity index (χ2n) is 5.86. The molecule has 2 rings (SSSR count). The van der Waals surface area contributed by atoms with Crippen molar-refractivity contribution in [2.45, 2.75) is 44.0 Å². The van der Waals surface area contributed by atoms with Crippen molar-refractivity contribution in [3.05, 3.63) is 59.7 Å². The molecule has 0 saturated carbocycles. The van der Waals surface area contributed by atoms with Crippen molar-refractivity contribution in [3.63, 3.8) is 0 Å². The van der Waals surface area contributed by atoms with Crippen LogP contribution in [0.25, 0.3) is 0 Å². The fourth-order valence-corrected chi connectivity index (χ4v) is 3.71. The van der Waals surface area contributed by atoms with E-state index in [2.05, 4.69) is 11.6 Å². The Labute approximate surface area is 144 Å². The quantitative estimate of drug-likeness (QED) is 0.783. The summed E-state index contributed by atoms with van der Waals surface area (Å²) in [7, 11) is -1.94. The highest BCUT2D eigenvalue weighted by atomic mass is 32.2. The zero-order valence-corrected chi connectivity index (χ0v) is 15.3. The molecular formula is C19H25NO3S. The molecule has 0 radical (unpaired) electrons. The van der Waals surface area contributed by atoms with Gasteiger partial charge in [-0.25, -0.2) is 13.1 Å². The number of aryl methyl sites for hydroxylation is 1. The maximum absolute atomic E-state index is 12.5. The molecule has 0 aliphatic carbocycles. The van der Waals surface area contributed by atoms with Crippen LogP contribution in [0.2, 0.25) is 0 Å². The van der Waals surface area contributed by atoms with Gasteiger partial charge in [-0.3, -0.25) is 0 Å². The van der Waals surface area contributed by atoms with Crippen LogP contribution < -0.4 is 9.46 Å². The predicted octanol–water partition coefficient (Wildman–Crippen LogP) is 4.08. The molecular weight excluding hydrogens is 322 g/mol. The van der Waals surface area contributed by atoms with E-state index in [0.29, 0.717) is 4.90 Å². The first-order valence-corrected chi connectivity index (χ1v) is 9.70. The minimum atomic E-state index is -3.54. The van der Waals surface area contributed by atoms with Crippen LogP contribution >= 0.6 is 0 Å². The van der Waals surface area contributed by atoms with E-state index in [4.69, 9.17) is 4.74 Å². The van der Waals surface area contributed by atoms with Crippen molar-refractivity contribution in [1.82, 2.24) is 4.72 Å². The number of sulfonamides is 1. The Bertz CT molecular complexity index is 737. The van der Waals surface area contributed by atoms with Crippen LogP contribution in [0.3, 0.4) is 0 Å². The summed E-state index contributed by atoms with van der Waals surface area (Å²) < 4.78 is 32.9. The minimum Gasteiger partial charge on any atom is -0.497 e. The fourth-order valence-electron chi connectivity index (χ4n) is 2.48. The lowest BCUT2D eigenvalue weighted by Crippen LogP contribution is -2.26. The molecule has 0 saturated heterocycles. The average molecular weight is 347 g/mol. The van der Waals surface area contributed by atoms with E-state index in [1.807, 2.05) is 43.3 Å². The van der Waals surface area contributed by atoms with Crippen LogP contribution in [0.15, 0.2) is 53.4 Å². The number of hydrogen-bond donors (Lipinski definition) is 1. The van der Waals surface area contributed by atoms with Gasteiger partial charge in [-0.2, -0.15) is 0 Å². The van der Waals surface area contributed by atoms with Gasteiger partial charge in [-0.15, -0.1) is 0 Å². The van der Waals surface area contributed by atoms with Crippen molar-refractivity contribution in [2.24, 2.45) is 0 Å². The van der Waals surface area contributed by atoms with Gasteiger partial charge in [0.1, 0.15) is 5.75 Å². The molecule has 0 aliphatic heterocycles. The summed E-state index contributed by atoms with van der Waals surface area (Å²) in [5.74, 6) is 0.747. The van der Waals surface area contributed by atoms with Crippen molar-refractivity contribution < 1.29 is 13.2 Å².